The molecular formula is C28H28N2O4. The van der Waals surface area contributed by atoms with Gasteiger partial charge in [0.2, 0.25) is 0 Å². The van der Waals surface area contributed by atoms with Crippen LogP contribution in [0.4, 0.5) is 5.69 Å². The monoisotopic (exact) mass is 456 g/mol. The van der Waals surface area contributed by atoms with Crippen LogP contribution in [0, 0.1) is 0 Å². The molecule has 1 amide bonds. The van der Waals surface area contributed by atoms with E-state index in [1.807, 2.05) is 12.1 Å². The van der Waals surface area contributed by atoms with Crippen molar-refractivity contribution in [3.8, 4) is 11.5 Å². The first-order valence-corrected chi connectivity index (χ1v) is 11.1. The lowest BCUT2D eigenvalue weighted by Crippen LogP contribution is -2.30. The smallest absolute Gasteiger partial charge is 0.255 e. The molecule has 0 aromatic heterocycles. The summed E-state index contributed by atoms with van der Waals surface area (Å²) in [6, 6.07) is 19.8. The van der Waals surface area contributed by atoms with Crippen LogP contribution in [0.3, 0.4) is 0 Å². The Morgan fingerprint density at radius 1 is 0.912 bits per heavy atom. The maximum absolute atomic E-state index is 13.1. The summed E-state index contributed by atoms with van der Waals surface area (Å²) in [5.41, 5.74) is 4.29. The van der Waals surface area contributed by atoms with Gasteiger partial charge in [-0.2, -0.15) is 0 Å². The lowest BCUT2D eigenvalue weighted by Gasteiger charge is -2.29. The Bertz CT molecular complexity index is 1260. The number of carbonyl (C=O) groups is 2. The second-order valence-corrected chi connectivity index (χ2v) is 8.93. The van der Waals surface area contributed by atoms with Crippen molar-refractivity contribution in [1.82, 2.24) is 0 Å². The first-order chi connectivity index (χ1) is 16.3. The largest absolute Gasteiger partial charge is 0.497 e. The maximum atomic E-state index is 13.1. The van der Waals surface area contributed by atoms with E-state index in [0.29, 0.717) is 22.6 Å². The molecule has 1 aliphatic heterocycles. The molecule has 6 nitrogen and oxygen atoms in total. The Labute approximate surface area is 199 Å². The van der Waals surface area contributed by atoms with Gasteiger partial charge in [0, 0.05) is 22.4 Å². The van der Waals surface area contributed by atoms with E-state index >= 15 is 0 Å². The Hall–Kier alpha value is -3.93. The number of nitrogens with zero attached hydrogens (tertiary/aromatic N) is 1. The third kappa shape index (κ3) is 5.17. The third-order valence-electron chi connectivity index (χ3n) is 5.81. The highest BCUT2D eigenvalue weighted by Crippen LogP contribution is 2.31. The molecule has 3 aromatic rings. The minimum Gasteiger partial charge on any atom is -0.497 e. The number of aliphatic imine (C=N–C) groups is 1. The summed E-state index contributed by atoms with van der Waals surface area (Å²) >= 11 is 0. The summed E-state index contributed by atoms with van der Waals surface area (Å²) in [7, 11) is 3.19. The van der Waals surface area contributed by atoms with Crippen LogP contribution < -0.4 is 14.8 Å². The second kappa shape index (κ2) is 9.51. The van der Waals surface area contributed by atoms with Crippen LogP contribution in [-0.4, -0.2) is 37.2 Å². The summed E-state index contributed by atoms with van der Waals surface area (Å²) in [4.78, 5) is 30.5. The van der Waals surface area contributed by atoms with Gasteiger partial charge in [-0.25, -0.2) is 0 Å². The predicted octanol–water partition coefficient (Wildman–Crippen LogP) is 5.35. The van der Waals surface area contributed by atoms with Crippen molar-refractivity contribution in [1.29, 1.82) is 0 Å². The van der Waals surface area contributed by atoms with Gasteiger partial charge in [-0.1, -0.05) is 12.1 Å². The van der Waals surface area contributed by atoms with Gasteiger partial charge in [-0.3, -0.25) is 14.6 Å². The molecule has 3 aromatic carbocycles. The summed E-state index contributed by atoms with van der Waals surface area (Å²) in [6.45, 7) is 4.15. The lowest BCUT2D eigenvalue weighted by atomic mass is 9.85. The van der Waals surface area contributed by atoms with Gasteiger partial charge in [0.15, 0.2) is 5.78 Å². The van der Waals surface area contributed by atoms with Crippen molar-refractivity contribution in [2.45, 2.75) is 32.2 Å². The molecule has 0 unspecified atom stereocenters. The summed E-state index contributed by atoms with van der Waals surface area (Å²) in [6.07, 6.45) is 1.00. The maximum Gasteiger partial charge on any atom is 0.255 e. The van der Waals surface area contributed by atoms with Crippen LogP contribution in [0.15, 0.2) is 71.7 Å². The molecule has 0 spiro atoms. The number of ketones is 1. The van der Waals surface area contributed by atoms with Gasteiger partial charge in [-0.05, 0) is 80.4 Å². The van der Waals surface area contributed by atoms with Crippen molar-refractivity contribution >= 4 is 23.1 Å². The lowest BCUT2D eigenvalue weighted by molar-refractivity contribution is 0.0998. The average Bonchev–Trinajstić information content (AvgIpc) is 2.83. The highest BCUT2D eigenvalue weighted by molar-refractivity contribution is 6.17. The van der Waals surface area contributed by atoms with E-state index in [0.717, 1.165) is 23.4 Å². The predicted molar refractivity (Wildman–Crippen MR) is 134 cm³/mol. The molecule has 4 rings (SSSR count). The number of nitrogens with one attached hydrogen (secondary N) is 1. The Balaban J connectivity index is 1.49. The van der Waals surface area contributed by atoms with Crippen molar-refractivity contribution in [2.24, 2.45) is 4.99 Å². The Morgan fingerprint density at radius 2 is 1.62 bits per heavy atom. The van der Waals surface area contributed by atoms with Gasteiger partial charge in [0.05, 0.1) is 31.9 Å². The first kappa shape index (κ1) is 23.2. The van der Waals surface area contributed by atoms with E-state index in [1.165, 1.54) is 5.56 Å². The van der Waals surface area contributed by atoms with Crippen LogP contribution in [0.1, 0.15) is 52.1 Å². The first-order valence-electron chi connectivity index (χ1n) is 11.1. The number of benzene rings is 3. The molecule has 6 heteroatoms. The van der Waals surface area contributed by atoms with Gasteiger partial charge < -0.3 is 14.8 Å². The number of anilines is 1. The standard InChI is InChI=1S/C28H28N2O4/c1-28(2)17-20-10-13-23(34-4)15-24(20)25(30-28)16-26(31)18-8-11-21(12-9-18)29-27(32)19-6-5-7-22(14-19)33-3/h5-15H,16-17H2,1-4H3,(H,29,32). The molecule has 34 heavy (non-hydrogen) atoms. The molecule has 0 bridgehead atoms. The quantitative estimate of drug-likeness (QED) is 0.486. The topological polar surface area (TPSA) is 77.0 Å². The van der Waals surface area contributed by atoms with Gasteiger partial charge in [0.25, 0.3) is 5.91 Å². The zero-order valence-electron chi connectivity index (χ0n) is 19.8. The summed E-state index contributed by atoms with van der Waals surface area (Å²) < 4.78 is 10.6. The van der Waals surface area contributed by atoms with Crippen LogP contribution in [0.5, 0.6) is 11.5 Å². The van der Waals surface area contributed by atoms with Crippen LogP contribution in [0.25, 0.3) is 0 Å². The third-order valence-corrected chi connectivity index (χ3v) is 5.81. The molecule has 1 heterocycles. The van der Waals surface area contributed by atoms with E-state index < -0.39 is 0 Å². The fourth-order valence-electron chi connectivity index (χ4n) is 4.13. The molecular weight excluding hydrogens is 428 g/mol. The number of hydrogen-bond acceptors (Lipinski definition) is 5. The van der Waals surface area contributed by atoms with Crippen molar-refractivity contribution < 1.29 is 19.1 Å². The number of amides is 1. The SMILES string of the molecule is COc1cccc(C(=O)Nc2ccc(C(=O)CC3=NC(C)(C)Cc4ccc(OC)cc43)cc2)c1. The summed E-state index contributed by atoms with van der Waals surface area (Å²) in [5.74, 6) is 1.08. The molecule has 1 N–H and O–H groups in total. The molecule has 0 saturated carbocycles. The zero-order valence-corrected chi connectivity index (χ0v) is 19.8. The van der Waals surface area contributed by atoms with Gasteiger partial charge in [-0.15, -0.1) is 0 Å². The molecule has 0 saturated heterocycles. The van der Waals surface area contributed by atoms with Crippen molar-refractivity contribution in [3.05, 3.63) is 89.0 Å². The molecule has 0 radical (unpaired) electrons. The van der Waals surface area contributed by atoms with E-state index in [-0.39, 0.29) is 23.7 Å². The van der Waals surface area contributed by atoms with Gasteiger partial charge >= 0.3 is 0 Å². The molecule has 0 atom stereocenters. The fourth-order valence-corrected chi connectivity index (χ4v) is 4.13. The van der Waals surface area contributed by atoms with E-state index in [2.05, 4.69) is 25.2 Å². The van der Waals surface area contributed by atoms with Crippen LogP contribution in [-0.2, 0) is 6.42 Å². The fraction of sp³-hybridized carbons (Fsp3) is 0.250. The molecule has 174 valence electrons. The van der Waals surface area contributed by atoms with Gasteiger partial charge in [0.1, 0.15) is 11.5 Å². The number of hydrogen-bond donors (Lipinski definition) is 1. The average molecular weight is 457 g/mol. The van der Waals surface area contributed by atoms with Crippen molar-refractivity contribution in [3.63, 3.8) is 0 Å². The zero-order chi connectivity index (χ0) is 24.3. The Kier molecular flexibility index (Phi) is 6.50. The van der Waals surface area contributed by atoms with E-state index in [4.69, 9.17) is 14.5 Å². The number of carbonyl (C=O) groups excluding carboxylic acids is 2. The summed E-state index contributed by atoms with van der Waals surface area (Å²) in [5, 5.41) is 2.85. The van der Waals surface area contributed by atoms with Crippen LogP contribution >= 0.6 is 0 Å². The molecule has 1 aliphatic rings. The number of rotatable bonds is 7. The number of Topliss-reactive ketones (excluding diaryl/α,β-unsaturated/α-hetero) is 1. The van der Waals surface area contributed by atoms with Crippen LogP contribution in [0.2, 0.25) is 0 Å². The minimum absolute atomic E-state index is 0.0316. The van der Waals surface area contributed by atoms with Crippen molar-refractivity contribution in [2.75, 3.05) is 19.5 Å². The molecule has 0 aliphatic carbocycles. The number of methoxy groups -OCH3 is 2. The number of fused-ring (bicyclic) bond motifs is 1. The second-order valence-electron chi connectivity index (χ2n) is 8.93. The Morgan fingerprint density at radius 3 is 2.32 bits per heavy atom. The minimum atomic E-state index is -0.272. The van der Waals surface area contributed by atoms with E-state index in [9.17, 15) is 9.59 Å². The normalized spacial score (nSPS) is 13.9. The highest BCUT2D eigenvalue weighted by Gasteiger charge is 2.28. The van der Waals surface area contributed by atoms with E-state index in [1.54, 1.807) is 62.8 Å². The highest BCUT2D eigenvalue weighted by atomic mass is 16.5. The molecule has 0 fully saturated rings. The number of ether oxygens (including phenoxy) is 2.